The van der Waals surface area contributed by atoms with Crippen LogP contribution in [-0.2, 0) is 42.2 Å². The number of ether oxygens (including phenoxy) is 3. The van der Waals surface area contributed by atoms with Crippen molar-refractivity contribution in [2.45, 2.75) is 200 Å². The van der Waals surface area contributed by atoms with Crippen molar-refractivity contribution in [3.05, 3.63) is 158 Å². The van der Waals surface area contributed by atoms with Crippen LogP contribution in [0.3, 0.4) is 0 Å². The highest BCUT2D eigenvalue weighted by molar-refractivity contribution is 7.47. The van der Waals surface area contributed by atoms with Gasteiger partial charge in [0.1, 0.15) is 12.7 Å². The number of phosphoric acid groups is 1. The Hall–Kier alpha value is -4.90. The molecule has 3 unspecified atom stereocenters. The molecule has 0 aliphatic rings. The minimum absolute atomic E-state index is 0.0839. The molecule has 3 atom stereocenters. The summed E-state index contributed by atoms with van der Waals surface area (Å²) < 4.78 is 39.3. The van der Waals surface area contributed by atoms with E-state index in [0.29, 0.717) is 25.7 Å². The molecule has 2 N–H and O–H groups in total. The largest absolute Gasteiger partial charge is 0.472 e. The number of aliphatic hydroxyl groups is 1. The van der Waals surface area contributed by atoms with Crippen LogP contribution in [0.5, 0.6) is 0 Å². The molecule has 0 saturated carbocycles. The van der Waals surface area contributed by atoms with Crippen LogP contribution in [0.15, 0.2) is 158 Å². The van der Waals surface area contributed by atoms with E-state index < -0.39 is 64.4 Å². The molecular weight excluding hydrogens is 976 g/mol. The molecule has 0 aromatic heterocycles. The summed E-state index contributed by atoms with van der Waals surface area (Å²) in [4.78, 5) is 48.5. The van der Waals surface area contributed by atoms with Crippen LogP contribution in [0.2, 0.25) is 0 Å². The fraction of sp³-hybridized carbons (Fsp3) is 0.547. The summed E-state index contributed by atoms with van der Waals surface area (Å²) in [6, 6.07) is 0. The Morgan fingerprint density at radius 2 is 0.684 bits per heavy atom. The average molecular weight is 1080 g/mol. The van der Waals surface area contributed by atoms with E-state index in [1.165, 1.54) is 0 Å². The first-order valence-electron chi connectivity index (χ1n) is 28.4. The van der Waals surface area contributed by atoms with E-state index in [-0.39, 0.29) is 19.3 Å². The maximum atomic E-state index is 12.9. The first-order chi connectivity index (χ1) is 37.2. The number of hydrogen-bond acceptors (Lipinski definition) is 10. The second-order valence-electron chi connectivity index (χ2n) is 18.0. The van der Waals surface area contributed by atoms with Crippen molar-refractivity contribution < 1.29 is 52.2 Å². The van der Waals surface area contributed by atoms with Crippen molar-refractivity contribution >= 4 is 25.7 Å². The zero-order valence-corrected chi connectivity index (χ0v) is 47.8. The highest BCUT2D eigenvalue weighted by atomic mass is 31.2. The molecule has 0 aliphatic carbocycles. The van der Waals surface area contributed by atoms with E-state index in [9.17, 15) is 28.9 Å². The Bertz CT molecular complexity index is 1880. The van der Waals surface area contributed by atoms with E-state index in [2.05, 4.69) is 154 Å². The van der Waals surface area contributed by atoms with Crippen LogP contribution >= 0.6 is 7.82 Å². The number of esters is 3. The molecule has 0 amide bonds. The summed E-state index contributed by atoms with van der Waals surface area (Å²) in [5.41, 5.74) is 0. The van der Waals surface area contributed by atoms with Crippen molar-refractivity contribution in [1.82, 2.24) is 0 Å². The summed E-state index contributed by atoms with van der Waals surface area (Å²) in [7, 11) is -4.79. The lowest BCUT2D eigenvalue weighted by atomic mass is 10.1. The molecule has 76 heavy (non-hydrogen) atoms. The summed E-state index contributed by atoms with van der Waals surface area (Å²) in [5, 5.41) is 9.81. The SMILES string of the molecule is CC/C=C\C/C=C\C/C=C\C/C=C\C/C=C\CCCC(=O)OC(CO)COP(=O)(O)OCC(COC(=O)CC/C=C\C/C=C\C/C=C\C/C=C\CC)OC(=O)CCCCCCCC/C=C\C/C=C\C/C=C\C/C=C\CC. The first-order valence-corrected chi connectivity index (χ1v) is 29.9. The van der Waals surface area contributed by atoms with Crippen LogP contribution in [0.4, 0.5) is 0 Å². The maximum Gasteiger partial charge on any atom is 0.472 e. The summed E-state index contributed by atoms with van der Waals surface area (Å²) in [5.74, 6) is -1.66. The number of hydrogen-bond donors (Lipinski definition) is 2. The molecule has 0 bridgehead atoms. The van der Waals surface area contributed by atoms with Gasteiger partial charge in [-0.2, -0.15) is 0 Å². The first kappa shape index (κ1) is 71.1. The van der Waals surface area contributed by atoms with E-state index in [4.69, 9.17) is 23.3 Å². The molecule has 0 radical (unpaired) electrons. The fourth-order valence-electron chi connectivity index (χ4n) is 6.75. The minimum Gasteiger partial charge on any atom is -0.462 e. The molecule has 0 fully saturated rings. The third-order valence-corrected chi connectivity index (χ3v) is 11.9. The number of rotatable bonds is 50. The van der Waals surface area contributed by atoms with Gasteiger partial charge in [-0.15, -0.1) is 0 Å². The van der Waals surface area contributed by atoms with Crippen molar-refractivity contribution in [3.8, 4) is 0 Å². The summed E-state index contributed by atoms with van der Waals surface area (Å²) >= 11 is 0. The molecule has 426 valence electrons. The van der Waals surface area contributed by atoms with E-state index >= 15 is 0 Å². The molecule has 0 heterocycles. The quantitative estimate of drug-likeness (QED) is 0.0197. The standard InChI is InChI=1S/C64H99O11P/c1-4-7-10-13-16-19-22-25-27-29-30-32-34-37-40-43-46-49-52-55-64(68)75-61(57-71-62(66)53-50-47-44-41-38-35-24-21-18-15-12-9-6-3)59-73-76(69,70)72-58-60(56-65)74-63(67)54-51-48-45-42-39-36-33-31-28-26-23-20-17-14-11-8-5-2/h7-12,16-21,25-28,30,32-33,35-36,38,42,44-45,47,60-61,65H,4-6,13-15,22-24,29,31,34,37,39-41,43,46,48-59H2,1-3H3,(H,69,70)/b10-7-,11-8-,12-9-,19-16-,20-17-,21-18-,27-25-,28-26-,32-30-,36-33-,38-35-,45-42-,47-44-. The third kappa shape index (κ3) is 53.9. The highest BCUT2D eigenvalue weighted by Gasteiger charge is 2.28. The van der Waals surface area contributed by atoms with Gasteiger partial charge in [0.2, 0.25) is 0 Å². The predicted octanol–water partition coefficient (Wildman–Crippen LogP) is 16.9. The van der Waals surface area contributed by atoms with Gasteiger partial charge in [-0.25, -0.2) is 4.57 Å². The van der Waals surface area contributed by atoms with Crippen LogP contribution in [0, 0.1) is 0 Å². The minimum atomic E-state index is -4.79. The molecule has 0 saturated heterocycles. The molecule has 12 heteroatoms. The second kappa shape index (κ2) is 56.3. The summed E-state index contributed by atoms with van der Waals surface area (Å²) in [6.07, 6.45) is 73.7. The highest BCUT2D eigenvalue weighted by Crippen LogP contribution is 2.43. The van der Waals surface area contributed by atoms with Crippen LogP contribution in [0.25, 0.3) is 0 Å². The number of phosphoric ester groups is 1. The topological polar surface area (TPSA) is 155 Å². The van der Waals surface area contributed by atoms with Gasteiger partial charge in [-0.3, -0.25) is 23.4 Å². The zero-order valence-electron chi connectivity index (χ0n) is 46.9. The van der Waals surface area contributed by atoms with Crippen molar-refractivity contribution in [2.75, 3.05) is 26.4 Å². The van der Waals surface area contributed by atoms with Crippen LogP contribution in [0.1, 0.15) is 188 Å². The predicted molar refractivity (Wildman–Crippen MR) is 315 cm³/mol. The molecule has 11 nitrogen and oxygen atoms in total. The summed E-state index contributed by atoms with van der Waals surface area (Å²) in [6.45, 7) is 4.10. The van der Waals surface area contributed by atoms with Crippen molar-refractivity contribution in [3.63, 3.8) is 0 Å². The lowest BCUT2D eigenvalue weighted by Gasteiger charge is -2.21. The molecule has 0 aromatic carbocycles. The Balaban J connectivity index is 4.88. The Morgan fingerprint density at radius 1 is 0.368 bits per heavy atom. The van der Waals surface area contributed by atoms with Gasteiger partial charge < -0.3 is 24.2 Å². The maximum absolute atomic E-state index is 12.9. The Morgan fingerprint density at radius 3 is 1.09 bits per heavy atom. The van der Waals surface area contributed by atoms with Gasteiger partial charge in [0.25, 0.3) is 0 Å². The Kier molecular flexibility index (Phi) is 52.7. The van der Waals surface area contributed by atoms with Gasteiger partial charge in [0.05, 0.1) is 19.8 Å². The molecule has 0 aliphatic heterocycles. The van der Waals surface area contributed by atoms with E-state index in [1.54, 1.807) is 0 Å². The number of allylic oxidation sites excluding steroid dienone is 26. The number of aliphatic hydroxyl groups excluding tert-OH is 1. The van der Waals surface area contributed by atoms with Gasteiger partial charge in [-0.1, -0.05) is 204 Å². The average Bonchev–Trinajstić information content (AvgIpc) is 3.41. The normalized spacial score (nSPS) is 14.5. The molecular formula is C64H99O11P. The lowest BCUT2D eigenvalue weighted by molar-refractivity contribution is -0.161. The smallest absolute Gasteiger partial charge is 0.462 e. The molecule has 0 aromatic rings. The zero-order chi connectivity index (χ0) is 55.5. The number of unbranched alkanes of at least 4 members (excludes halogenated alkanes) is 7. The lowest BCUT2D eigenvalue weighted by Crippen LogP contribution is -2.30. The fourth-order valence-corrected chi connectivity index (χ4v) is 7.53. The molecule has 0 rings (SSSR count). The van der Waals surface area contributed by atoms with Crippen LogP contribution in [-0.4, -0.2) is 66.5 Å². The van der Waals surface area contributed by atoms with Gasteiger partial charge >= 0.3 is 25.7 Å². The monoisotopic (exact) mass is 1070 g/mol. The van der Waals surface area contributed by atoms with Crippen molar-refractivity contribution in [2.24, 2.45) is 0 Å². The number of carbonyl (C=O) groups excluding carboxylic acids is 3. The molecule has 0 spiro atoms. The number of carbonyl (C=O) groups is 3. The van der Waals surface area contributed by atoms with E-state index in [0.717, 1.165) is 122 Å². The van der Waals surface area contributed by atoms with Crippen LogP contribution < -0.4 is 0 Å². The Labute approximate surface area is 460 Å². The second-order valence-corrected chi connectivity index (χ2v) is 19.4. The van der Waals surface area contributed by atoms with Crippen molar-refractivity contribution in [1.29, 1.82) is 0 Å². The third-order valence-electron chi connectivity index (χ3n) is 10.9. The van der Waals surface area contributed by atoms with Gasteiger partial charge in [0, 0.05) is 19.3 Å². The van der Waals surface area contributed by atoms with Gasteiger partial charge in [-0.05, 0) is 122 Å². The van der Waals surface area contributed by atoms with Gasteiger partial charge in [0.15, 0.2) is 6.10 Å². The van der Waals surface area contributed by atoms with E-state index in [1.807, 2.05) is 24.3 Å².